The molecule has 8 heteroatoms. The van der Waals surface area contributed by atoms with Gasteiger partial charge in [0.05, 0.1) is 11.0 Å². The van der Waals surface area contributed by atoms with Crippen LogP contribution in [0, 0.1) is 5.92 Å². The van der Waals surface area contributed by atoms with Crippen LogP contribution in [0.15, 0.2) is 29.2 Å². The van der Waals surface area contributed by atoms with Crippen molar-refractivity contribution < 1.29 is 13.2 Å². The zero-order valence-corrected chi connectivity index (χ0v) is 16.7. The van der Waals surface area contributed by atoms with E-state index in [0.29, 0.717) is 35.6 Å². The predicted octanol–water partition coefficient (Wildman–Crippen LogP) is 2.57. The van der Waals surface area contributed by atoms with Gasteiger partial charge >= 0.3 is 0 Å². The molecule has 0 spiro atoms. The third-order valence-electron chi connectivity index (χ3n) is 5.01. The van der Waals surface area contributed by atoms with E-state index in [2.05, 4.69) is 17.6 Å². The first kappa shape index (κ1) is 19.5. The monoisotopic (exact) mass is 397 g/mol. The van der Waals surface area contributed by atoms with Gasteiger partial charge in [0.2, 0.25) is 10.0 Å². The fourth-order valence-corrected chi connectivity index (χ4v) is 4.94. The maximum atomic E-state index is 12.7. The molecule has 2 N–H and O–H groups in total. The second-order valence-electron chi connectivity index (χ2n) is 7.08. The van der Waals surface area contributed by atoms with Crippen LogP contribution in [0.2, 0.25) is 0 Å². The van der Waals surface area contributed by atoms with Crippen LogP contribution in [0.1, 0.15) is 32.6 Å². The van der Waals surface area contributed by atoms with E-state index in [1.54, 1.807) is 28.6 Å². The van der Waals surface area contributed by atoms with Crippen molar-refractivity contribution in [2.24, 2.45) is 5.92 Å². The molecule has 3 rings (SSSR count). The van der Waals surface area contributed by atoms with Gasteiger partial charge in [-0.15, -0.1) is 0 Å². The third kappa shape index (κ3) is 4.94. The summed E-state index contributed by atoms with van der Waals surface area (Å²) in [6.45, 7) is 4.87. The molecule has 0 bridgehead atoms. The standard InChI is InChI=1S/C18H27N3O3S2/c1-14-8-10-21(11-9-14)26(22,23)17-6-4-15(5-7-17)20-18(25)19-13-16-3-2-12-24-16/h4-7,14,16H,2-3,8-13H2,1H3,(H2,19,20,25)/t16-/m1/s1. The molecule has 1 aromatic rings. The average molecular weight is 398 g/mol. The van der Waals surface area contributed by atoms with Gasteiger partial charge in [0.15, 0.2) is 5.11 Å². The van der Waals surface area contributed by atoms with E-state index < -0.39 is 10.0 Å². The fraction of sp³-hybridized carbons (Fsp3) is 0.611. The summed E-state index contributed by atoms with van der Waals surface area (Å²) in [5.41, 5.74) is 0.765. The Kier molecular flexibility index (Phi) is 6.50. The lowest BCUT2D eigenvalue weighted by molar-refractivity contribution is 0.114. The molecule has 1 aromatic carbocycles. The molecule has 0 aromatic heterocycles. The highest BCUT2D eigenvalue weighted by Gasteiger charge is 2.27. The maximum Gasteiger partial charge on any atom is 0.243 e. The van der Waals surface area contributed by atoms with Gasteiger partial charge in [0.1, 0.15) is 0 Å². The third-order valence-corrected chi connectivity index (χ3v) is 7.17. The Morgan fingerprint density at radius 3 is 2.54 bits per heavy atom. The van der Waals surface area contributed by atoms with E-state index in [1.807, 2.05) is 0 Å². The largest absolute Gasteiger partial charge is 0.376 e. The van der Waals surface area contributed by atoms with Gasteiger partial charge in [-0.1, -0.05) is 6.92 Å². The Balaban J connectivity index is 1.54. The lowest BCUT2D eigenvalue weighted by Gasteiger charge is -2.29. The van der Waals surface area contributed by atoms with E-state index in [1.165, 1.54) is 0 Å². The van der Waals surface area contributed by atoms with Crippen LogP contribution < -0.4 is 10.6 Å². The summed E-state index contributed by atoms with van der Waals surface area (Å²) >= 11 is 5.29. The van der Waals surface area contributed by atoms with Crippen LogP contribution in [0.3, 0.4) is 0 Å². The Labute approximate surface area is 161 Å². The minimum Gasteiger partial charge on any atom is -0.376 e. The Bertz CT molecular complexity index is 708. The lowest BCUT2D eigenvalue weighted by atomic mass is 10.0. The molecular weight excluding hydrogens is 370 g/mol. The molecular formula is C18H27N3O3S2. The van der Waals surface area contributed by atoms with Crippen molar-refractivity contribution in [2.75, 3.05) is 31.6 Å². The van der Waals surface area contributed by atoms with Crippen LogP contribution in [0.5, 0.6) is 0 Å². The summed E-state index contributed by atoms with van der Waals surface area (Å²) in [4.78, 5) is 0.329. The van der Waals surface area contributed by atoms with Crippen LogP contribution in [-0.4, -0.2) is 50.2 Å². The van der Waals surface area contributed by atoms with Crippen molar-refractivity contribution in [3.8, 4) is 0 Å². The molecule has 2 aliphatic rings. The molecule has 0 radical (unpaired) electrons. The number of piperidine rings is 1. The maximum absolute atomic E-state index is 12.7. The second-order valence-corrected chi connectivity index (χ2v) is 9.43. The highest BCUT2D eigenvalue weighted by molar-refractivity contribution is 7.89. The minimum atomic E-state index is -3.41. The number of nitrogens with one attached hydrogen (secondary N) is 2. The summed E-state index contributed by atoms with van der Waals surface area (Å²) < 4.78 is 32.6. The molecule has 0 saturated carbocycles. The number of hydrogen-bond donors (Lipinski definition) is 2. The van der Waals surface area contributed by atoms with Gasteiger partial charge < -0.3 is 15.4 Å². The zero-order chi connectivity index (χ0) is 18.6. The number of nitrogens with zero attached hydrogens (tertiary/aromatic N) is 1. The molecule has 0 aliphatic carbocycles. The number of hydrogen-bond acceptors (Lipinski definition) is 4. The van der Waals surface area contributed by atoms with Gasteiger partial charge in [0, 0.05) is 31.9 Å². The van der Waals surface area contributed by atoms with Gasteiger partial charge in [-0.2, -0.15) is 4.31 Å². The molecule has 0 amide bonds. The number of thiocarbonyl (C=S) groups is 1. The highest BCUT2D eigenvalue weighted by Crippen LogP contribution is 2.24. The summed E-state index contributed by atoms with van der Waals surface area (Å²) in [6.07, 6.45) is 4.21. The van der Waals surface area contributed by atoms with E-state index in [-0.39, 0.29) is 6.10 Å². The smallest absolute Gasteiger partial charge is 0.243 e. The predicted molar refractivity (Wildman–Crippen MR) is 107 cm³/mol. The Morgan fingerprint density at radius 2 is 1.92 bits per heavy atom. The molecule has 2 heterocycles. The SMILES string of the molecule is CC1CCN(S(=O)(=O)c2ccc(NC(=S)NC[C@H]3CCCO3)cc2)CC1. The van der Waals surface area contributed by atoms with E-state index >= 15 is 0 Å². The first-order valence-corrected chi connectivity index (χ1v) is 11.1. The average Bonchev–Trinajstić information content (AvgIpc) is 3.14. The number of anilines is 1. The molecule has 2 saturated heterocycles. The number of sulfonamides is 1. The molecule has 2 aliphatic heterocycles. The number of ether oxygens (including phenoxy) is 1. The molecule has 144 valence electrons. The number of benzene rings is 1. The van der Waals surface area contributed by atoms with Crippen molar-refractivity contribution in [1.82, 2.24) is 9.62 Å². The Morgan fingerprint density at radius 1 is 1.23 bits per heavy atom. The van der Waals surface area contributed by atoms with Gasteiger partial charge in [0.25, 0.3) is 0 Å². The second kappa shape index (κ2) is 8.65. The summed E-state index contributed by atoms with van der Waals surface area (Å²) in [7, 11) is -3.41. The fourth-order valence-electron chi connectivity index (χ4n) is 3.27. The lowest BCUT2D eigenvalue weighted by Crippen LogP contribution is -2.37. The van der Waals surface area contributed by atoms with E-state index in [0.717, 1.165) is 38.0 Å². The van der Waals surface area contributed by atoms with Crippen LogP contribution in [0.25, 0.3) is 0 Å². The molecule has 0 unspecified atom stereocenters. The first-order valence-electron chi connectivity index (χ1n) is 9.22. The first-order chi connectivity index (χ1) is 12.4. The quantitative estimate of drug-likeness (QED) is 0.744. The van der Waals surface area contributed by atoms with E-state index in [9.17, 15) is 8.42 Å². The van der Waals surface area contributed by atoms with Crippen LogP contribution in [0.4, 0.5) is 5.69 Å². The zero-order valence-electron chi connectivity index (χ0n) is 15.1. The molecule has 26 heavy (non-hydrogen) atoms. The van der Waals surface area contributed by atoms with Crippen molar-refractivity contribution in [3.05, 3.63) is 24.3 Å². The van der Waals surface area contributed by atoms with Crippen LogP contribution in [-0.2, 0) is 14.8 Å². The Hall–Kier alpha value is -1.22. The minimum absolute atomic E-state index is 0.217. The molecule has 2 fully saturated rings. The molecule has 6 nitrogen and oxygen atoms in total. The van der Waals surface area contributed by atoms with Crippen molar-refractivity contribution >= 4 is 33.0 Å². The van der Waals surface area contributed by atoms with Crippen molar-refractivity contribution in [1.29, 1.82) is 0 Å². The normalized spacial score (nSPS) is 22.3. The molecule has 1 atom stereocenters. The number of rotatable bonds is 5. The van der Waals surface area contributed by atoms with Gasteiger partial charge in [-0.3, -0.25) is 0 Å². The summed E-state index contributed by atoms with van der Waals surface area (Å²) in [5, 5.41) is 6.74. The van der Waals surface area contributed by atoms with Gasteiger partial charge in [-0.25, -0.2) is 8.42 Å². The van der Waals surface area contributed by atoms with Crippen LogP contribution >= 0.6 is 12.2 Å². The van der Waals surface area contributed by atoms with Crippen molar-refractivity contribution in [2.45, 2.75) is 43.6 Å². The highest BCUT2D eigenvalue weighted by atomic mass is 32.2. The summed E-state index contributed by atoms with van der Waals surface area (Å²) in [6, 6.07) is 6.77. The summed E-state index contributed by atoms with van der Waals surface area (Å²) in [5.74, 6) is 0.594. The van der Waals surface area contributed by atoms with Crippen molar-refractivity contribution in [3.63, 3.8) is 0 Å². The van der Waals surface area contributed by atoms with E-state index in [4.69, 9.17) is 17.0 Å². The topological polar surface area (TPSA) is 70.7 Å². The van der Waals surface area contributed by atoms with Gasteiger partial charge in [-0.05, 0) is 68.1 Å².